The van der Waals surface area contributed by atoms with Crippen LogP contribution in [0.15, 0.2) is 35.6 Å². The van der Waals surface area contributed by atoms with Gasteiger partial charge in [0.2, 0.25) is 0 Å². The van der Waals surface area contributed by atoms with Gasteiger partial charge in [0.1, 0.15) is 0 Å². The van der Waals surface area contributed by atoms with Crippen molar-refractivity contribution in [3.8, 4) is 11.5 Å². The third kappa shape index (κ3) is 5.32. The van der Waals surface area contributed by atoms with E-state index >= 15 is 0 Å². The number of aromatic nitrogens is 2. The summed E-state index contributed by atoms with van der Waals surface area (Å²) in [5, 5.41) is 7.85. The van der Waals surface area contributed by atoms with Crippen LogP contribution >= 0.6 is 0 Å². The Balaban J connectivity index is 1.37. The van der Waals surface area contributed by atoms with Crippen molar-refractivity contribution < 1.29 is 9.47 Å². The molecule has 7 heteroatoms. The molecule has 2 heterocycles. The molecule has 4 rings (SSSR count). The number of para-hydroxylation sites is 1. The Bertz CT molecular complexity index is 888. The molecule has 1 saturated heterocycles. The van der Waals surface area contributed by atoms with E-state index in [9.17, 15) is 0 Å². The SMILES string of the molecule is CN=C(NCc1cccc(OC)c1OC1CCCC1)N1CCC(Cc2cnn(C)c2)C1. The first kappa shape index (κ1) is 21.5. The van der Waals surface area contributed by atoms with Crippen molar-refractivity contribution >= 4 is 5.96 Å². The van der Waals surface area contributed by atoms with E-state index in [2.05, 4.69) is 32.6 Å². The Morgan fingerprint density at radius 3 is 2.81 bits per heavy atom. The van der Waals surface area contributed by atoms with Gasteiger partial charge in [-0.05, 0) is 56.1 Å². The molecule has 2 aliphatic rings. The monoisotopic (exact) mass is 425 g/mol. The maximum absolute atomic E-state index is 6.38. The molecule has 168 valence electrons. The number of likely N-dealkylation sites (tertiary alicyclic amines) is 1. The minimum atomic E-state index is 0.293. The first-order chi connectivity index (χ1) is 15.2. The summed E-state index contributed by atoms with van der Waals surface area (Å²) in [6.07, 6.45) is 11.4. The fourth-order valence-electron chi connectivity index (χ4n) is 4.78. The fraction of sp³-hybridized carbons (Fsp3) is 0.583. The molecule has 1 aliphatic carbocycles. The van der Waals surface area contributed by atoms with Crippen molar-refractivity contribution in [1.29, 1.82) is 0 Å². The lowest BCUT2D eigenvalue weighted by Gasteiger charge is -2.23. The molecule has 31 heavy (non-hydrogen) atoms. The smallest absolute Gasteiger partial charge is 0.193 e. The van der Waals surface area contributed by atoms with E-state index in [1.165, 1.54) is 24.8 Å². The van der Waals surface area contributed by atoms with Crippen LogP contribution in [0.1, 0.15) is 43.2 Å². The van der Waals surface area contributed by atoms with Gasteiger partial charge in [0, 0.05) is 45.5 Å². The molecular formula is C24H35N5O2. The predicted octanol–water partition coefficient (Wildman–Crippen LogP) is 3.39. The zero-order chi connectivity index (χ0) is 21.6. The number of guanidine groups is 1. The fourth-order valence-corrected chi connectivity index (χ4v) is 4.78. The van der Waals surface area contributed by atoms with E-state index in [4.69, 9.17) is 9.47 Å². The van der Waals surface area contributed by atoms with Crippen molar-refractivity contribution in [3.05, 3.63) is 41.7 Å². The van der Waals surface area contributed by atoms with Crippen molar-refractivity contribution in [1.82, 2.24) is 20.0 Å². The van der Waals surface area contributed by atoms with Gasteiger partial charge >= 0.3 is 0 Å². The maximum Gasteiger partial charge on any atom is 0.193 e. The number of hydrogen-bond donors (Lipinski definition) is 1. The molecule has 1 aromatic carbocycles. The first-order valence-corrected chi connectivity index (χ1v) is 11.4. The highest BCUT2D eigenvalue weighted by atomic mass is 16.5. The molecule has 7 nitrogen and oxygen atoms in total. The first-order valence-electron chi connectivity index (χ1n) is 11.4. The summed E-state index contributed by atoms with van der Waals surface area (Å²) in [6, 6.07) is 6.12. The van der Waals surface area contributed by atoms with E-state index in [1.54, 1.807) is 7.11 Å². The van der Waals surface area contributed by atoms with Crippen LogP contribution in [-0.4, -0.2) is 54.0 Å². The van der Waals surface area contributed by atoms with E-state index in [0.717, 1.165) is 55.4 Å². The van der Waals surface area contributed by atoms with Gasteiger partial charge in [-0.25, -0.2) is 0 Å². The highest BCUT2D eigenvalue weighted by molar-refractivity contribution is 5.80. The number of aryl methyl sites for hydroxylation is 1. The second-order valence-corrected chi connectivity index (χ2v) is 8.70. The summed E-state index contributed by atoms with van der Waals surface area (Å²) >= 11 is 0. The van der Waals surface area contributed by atoms with Crippen LogP contribution in [0.4, 0.5) is 0 Å². The second-order valence-electron chi connectivity index (χ2n) is 8.70. The number of nitrogens with zero attached hydrogens (tertiary/aromatic N) is 4. The molecule has 1 unspecified atom stereocenters. The number of hydrogen-bond acceptors (Lipinski definition) is 4. The van der Waals surface area contributed by atoms with Crippen LogP contribution in [-0.2, 0) is 20.0 Å². The molecule has 0 bridgehead atoms. The van der Waals surface area contributed by atoms with Crippen molar-refractivity contribution in [2.24, 2.45) is 18.0 Å². The molecule has 1 aromatic heterocycles. The van der Waals surface area contributed by atoms with E-state index in [1.807, 2.05) is 37.1 Å². The zero-order valence-electron chi connectivity index (χ0n) is 19.0. The summed E-state index contributed by atoms with van der Waals surface area (Å²) < 4.78 is 13.9. The Kier molecular flexibility index (Phi) is 6.99. The number of aliphatic imine (C=N–C) groups is 1. The molecule has 1 atom stereocenters. The third-order valence-electron chi connectivity index (χ3n) is 6.38. The number of nitrogens with one attached hydrogen (secondary N) is 1. The molecule has 2 aromatic rings. The molecule has 1 aliphatic heterocycles. The van der Waals surface area contributed by atoms with Gasteiger partial charge in [-0.2, -0.15) is 5.10 Å². The number of ether oxygens (including phenoxy) is 2. The average molecular weight is 426 g/mol. The molecule has 0 spiro atoms. The molecular weight excluding hydrogens is 390 g/mol. The lowest BCUT2D eigenvalue weighted by molar-refractivity contribution is 0.198. The normalized spacial score (nSPS) is 19.8. The minimum absolute atomic E-state index is 0.293. The Morgan fingerprint density at radius 1 is 1.26 bits per heavy atom. The van der Waals surface area contributed by atoms with Gasteiger partial charge in [-0.1, -0.05) is 12.1 Å². The predicted molar refractivity (Wildman–Crippen MR) is 123 cm³/mol. The van der Waals surface area contributed by atoms with E-state index < -0.39 is 0 Å². The molecule has 0 radical (unpaired) electrons. The largest absolute Gasteiger partial charge is 0.493 e. The zero-order valence-corrected chi connectivity index (χ0v) is 19.0. The molecule has 1 saturated carbocycles. The van der Waals surface area contributed by atoms with Crippen LogP contribution in [0, 0.1) is 5.92 Å². The maximum atomic E-state index is 6.38. The van der Waals surface area contributed by atoms with Gasteiger partial charge in [0.15, 0.2) is 17.5 Å². The van der Waals surface area contributed by atoms with E-state index in [0.29, 0.717) is 18.6 Å². The van der Waals surface area contributed by atoms with Crippen molar-refractivity contribution in [3.63, 3.8) is 0 Å². The molecule has 0 amide bonds. The van der Waals surface area contributed by atoms with Gasteiger partial charge in [-0.15, -0.1) is 0 Å². The van der Waals surface area contributed by atoms with Crippen molar-refractivity contribution in [2.45, 2.75) is 51.2 Å². The van der Waals surface area contributed by atoms with Crippen LogP contribution < -0.4 is 14.8 Å². The quantitative estimate of drug-likeness (QED) is 0.544. The Labute approximate surface area is 185 Å². The van der Waals surface area contributed by atoms with Crippen LogP contribution in [0.25, 0.3) is 0 Å². The van der Waals surface area contributed by atoms with Crippen LogP contribution in [0.2, 0.25) is 0 Å². The van der Waals surface area contributed by atoms with Crippen LogP contribution in [0.5, 0.6) is 11.5 Å². The van der Waals surface area contributed by atoms with Crippen molar-refractivity contribution in [2.75, 3.05) is 27.2 Å². The Hall–Kier alpha value is -2.70. The molecule has 1 N–H and O–H groups in total. The standard InChI is InChI=1S/C24H35N5O2/c1-25-24(29-12-11-18(17-29)13-19-14-27-28(2)16-19)26-15-20-7-6-10-22(30-3)23(20)31-21-8-4-5-9-21/h6-7,10,14,16,18,21H,4-5,8-9,11-13,15,17H2,1-3H3,(H,25,26). The van der Waals surface area contributed by atoms with Gasteiger partial charge < -0.3 is 19.7 Å². The highest BCUT2D eigenvalue weighted by Crippen LogP contribution is 2.35. The van der Waals surface area contributed by atoms with Gasteiger partial charge in [0.25, 0.3) is 0 Å². The summed E-state index contributed by atoms with van der Waals surface area (Å²) in [6.45, 7) is 2.70. The van der Waals surface area contributed by atoms with E-state index in [-0.39, 0.29) is 0 Å². The summed E-state index contributed by atoms with van der Waals surface area (Å²) in [7, 11) is 5.54. The number of benzene rings is 1. The van der Waals surface area contributed by atoms with Crippen LogP contribution in [0.3, 0.4) is 0 Å². The summed E-state index contributed by atoms with van der Waals surface area (Å²) in [5.41, 5.74) is 2.42. The summed E-state index contributed by atoms with van der Waals surface area (Å²) in [4.78, 5) is 6.91. The van der Waals surface area contributed by atoms with Gasteiger partial charge in [0.05, 0.1) is 19.4 Å². The average Bonchev–Trinajstić information content (AvgIpc) is 3.53. The lowest BCUT2D eigenvalue weighted by Crippen LogP contribution is -2.39. The second kappa shape index (κ2) is 10.1. The third-order valence-corrected chi connectivity index (χ3v) is 6.38. The summed E-state index contributed by atoms with van der Waals surface area (Å²) in [5.74, 6) is 3.25. The lowest BCUT2D eigenvalue weighted by atomic mass is 10.0. The number of methoxy groups -OCH3 is 1. The Morgan fingerprint density at radius 2 is 2.10 bits per heavy atom. The minimum Gasteiger partial charge on any atom is -0.493 e. The highest BCUT2D eigenvalue weighted by Gasteiger charge is 2.26. The topological polar surface area (TPSA) is 63.9 Å². The number of rotatable bonds is 7. The molecule has 2 fully saturated rings. The van der Waals surface area contributed by atoms with Gasteiger partial charge in [-0.3, -0.25) is 9.67 Å².